The monoisotopic (exact) mass is 399 g/mol. The van der Waals surface area contributed by atoms with Gasteiger partial charge in [-0.2, -0.15) is 0 Å². The van der Waals surface area contributed by atoms with Crippen LogP contribution in [-0.2, 0) is 9.53 Å². The zero-order valence-electron chi connectivity index (χ0n) is 16.3. The zero-order chi connectivity index (χ0) is 21.0. The number of ether oxygens (including phenoxy) is 4. The van der Waals surface area contributed by atoms with Crippen molar-refractivity contribution < 1.29 is 33.3 Å². The SMILES string of the molecule is COc1cc(C(=O)O[C@H](C)C(=O)Nc2ccc(C(C)=O)cc2)cc2c1OCCO2. The van der Waals surface area contributed by atoms with Crippen molar-refractivity contribution in [3.05, 3.63) is 47.5 Å². The highest BCUT2D eigenvalue weighted by Crippen LogP contribution is 2.40. The van der Waals surface area contributed by atoms with Crippen LogP contribution in [0.4, 0.5) is 5.69 Å². The molecule has 0 saturated heterocycles. The van der Waals surface area contributed by atoms with E-state index in [1.54, 1.807) is 24.3 Å². The first-order valence-corrected chi connectivity index (χ1v) is 8.99. The quantitative estimate of drug-likeness (QED) is 0.589. The van der Waals surface area contributed by atoms with Gasteiger partial charge in [0.1, 0.15) is 13.2 Å². The Morgan fingerprint density at radius 2 is 1.72 bits per heavy atom. The lowest BCUT2D eigenvalue weighted by atomic mass is 10.1. The van der Waals surface area contributed by atoms with Crippen molar-refractivity contribution in [3.63, 3.8) is 0 Å². The Balaban J connectivity index is 1.66. The molecule has 0 saturated carbocycles. The molecule has 0 bridgehead atoms. The second-order valence-corrected chi connectivity index (χ2v) is 6.37. The summed E-state index contributed by atoms with van der Waals surface area (Å²) in [6.07, 6.45) is -1.05. The minimum absolute atomic E-state index is 0.0694. The van der Waals surface area contributed by atoms with Gasteiger partial charge in [0.05, 0.1) is 12.7 Å². The number of carbonyl (C=O) groups is 3. The molecule has 1 aliphatic heterocycles. The van der Waals surface area contributed by atoms with Crippen molar-refractivity contribution in [2.75, 3.05) is 25.6 Å². The van der Waals surface area contributed by atoms with E-state index in [0.29, 0.717) is 41.7 Å². The molecule has 1 N–H and O–H groups in total. The fourth-order valence-corrected chi connectivity index (χ4v) is 2.71. The van der Waals surface area contributed by atoms with Crippen LogP contribution in [0.3, 0.4) is 0 Å². The molecule has 1 heterocycles. The Bertz CT molecular complexity index is 920. The Kier molecular flexibility index (Phi) is 6.01. The predicted molar refractivity (Wildman–Crippen MR) is 104 cm³/mol. The predicted octanol–water partition coefficient (Wildman–Crippen LogP) is 2.85. The number of fused-ring (bicyclic) bond motifs is 1. The van der Waals surface area contributed by atoms with Gasteiger partial charge in [0.2, 0.25) is 5.75 Å². The molecule has 0 fully saturated rings. The van der Waals surface area contributed by atoms with Crippen LogP contribution in [0.1, 0.15) is 34.6 Å². The van der Waals surface area contributed by atoms with Crippen molar-refractivity contribution in [1.82, 2.24) is 0 Å². The summed E-state index contributed by atoms with van der Waals surface area (Å²) in [4.78, 5) is 36.1. The maximum Gasteiger partial charge on any atom is 0.339 e. The van der Waals surface area contributed by atoms with Crippen LogP contribution in [0.15, 0.2) is 36.4 Å². The zero-order valence-corrected chi connectivity index (χ0v) is 16.3. The summed E-state index contributed by atoms with van der Waals surface area (Å²) in [7, 11) is 1.45. The van der Waals surface area contributed by atoms with Crippen molar-refractivity contribution in [2.24, 2.45) is 0 Å². The minimum Gasteiger partial charge on any atom is -0.493 e. The average molecular weight is 399 g/mol. The van der Waals surface area contributed by atoms with Crippen LogP contribution in [0, 0.1) is 0 Å². The molecule has 3 rings (SSSR count). The van der Waals surface area contributed by atoms with Crippen LogP contribution in [-0.4, -0.2) is 44.1 Å². The number of rotatable bonds is 6. The van der Waals surface area contributed by atoms with Gasteiger partial charge in [-0.1, -0.05) is 0 Å². The van der Waals surface area contributed by atoms with Crippen molar-refractivity contribution >= 4 is 23.3 Å². The highest BCUT2D eigenvalue weighted by Gasteiger charge is 2.24. The first-order valence-electron chi connectivity index (χ1n) is 8.99. The number of hydrogen-bond acceptors (Lipinski definition) is 7. The molecule has 0 radical (unpaired) electrons. The van der Waals surface area contributed by atoms with E-state index in [0.717, 1.165) is 0 Å². The van der Waals surface area contributed by atoms with Crippen LogP contribution in [0.25, 0.3) is 0 Å². The maximum absolute atomic E-state index is 12.5. The third-order valence-corrected chi connectivity index (χ3v) is 4.28. The molecule has 0 aromatic heterocycles. The molecule has 1 aliphatic rings. The van der Waals surface area contributed by atoms with Crippen molar-refractivity contribution in [1.29, 1.82) is 0 Å². The van der Waals surface area contributed by atoms with Crippen molar-refractivity contribution in [2.45, 2.75) is 20.0 Å². The molecule has 2 aromatic rings. The number of nitrogens with one attached hydrogen (secondary N) is 1. The number of benzene rings is 2. The Hall–Kier alpha value is -3.55. The topological polar surface area (TPSA) is 100 Å². The van der Waals surface area contributed by atoms with Gasteiger partial charge < -0.3 is 24.3 Å². The lowest BCUT2D eigenvalue weighted by Crippen LogP contribution is -2.30. The highest BCUT2D eigenvalue weighted by molar-refractivity contribution is 5.98. The average Bonchev–Trinajstić information content (AvgIpc) is 2.73. The first-order chi connectivity index (χ1) is 13.9. The molecule has 1 atom stereocenters. The van der Waals surface area contributed by atoms with E-state index in [2.05, 4.69) is 5.32 Å². The number of esters is 1. The van der Waals surface area contributed by atoms with Crippen molar-refractivity contribution in [3.8, 4) is 17.2 Å². The summed E-state index contributed by atoms with van der Waals surface area (Å²) in [6, 6.07) is 9.39. The summed E-state index contributed by atoms with van der Waals surface area (Å²) in [6.45, 7) is 3.67. The molecular formula is C21H21NO7. The summed E-state index contributed by atoms with van der Waals surface area (Å²) >= 11 is 0. The molecule has 152 valence electrons. The van der Waals surface area contributed by atoms with Crippen LogP contribution in [0.5, 0.6) is 17.2 Å². The number of Topliss-reactive ketones (excluding diaryl/α,β-unsaturated/α-hetero) is 1. The summed E-state index contributed by atoms with van der Waals surface area (Å²) < 4.78 is 21.5. The molecule has 8 heteroatoms. The minimum atomic E-state index is -1.05. The van der Waals surface area contributed by atoms with Crippen LogP contribution in [0.2, 0.25) is 0 Å². The molecule has 1 amide bonds. The molecular weight excluding hydrogens is 378 g/mol. The van der Waals surface area contributed by atoms with Gasteiger partial charge in [-0.3, -0.25) is 9.59 Å². The molecule has 0 spiro atoms. The molecule has 0 aliphatic carbocycles. The third-order valence-electron chi connectivity index (χ3n) is 4.28. The number of carbonyl (C=O) groups excluding carboxylic acids is 3. The highest BCUT2D eigenvalue weighted by atomic mass is 16.6. The lowest BCUT2D eigenvalue weighted by Gasteiger charge is -2.21. The number of methoxy groups -OCH3 is 1. The largest absolute Gasteiger partial charge is 0.493 e. The van der Waals surface area contributed by atoms with E-state index in [1.165, 1.54) is 33.1 Å². The molecule has 29 heavy (non-hydrogen) atoms. The molecule has 0 unspecified atom stereocenters. The van der Waals surface area contributed by atoms with Gasteiger partial charge in [0.15, 0.2) is 23.4 Å². The second kappa shape index (κ2) is 8.64. The Morgan fingerprint density at radius 1 is 1.03 bits per heavy atom. The molecule has 8 nitrogen and oxygen atoms in total. The number of anilines is 1. The van der Waals surface area contributed by atoms with Gasteiger partial charge >= 0.3 is 5.97 Å². The standard InChI is InChI=1S/C21H21NO7/c1-12(23)14-4-6-16(7-5-14)22-20(24)13(2)29-21(25)15-10-17(26-3)19-18(11-15)27-8-9-28-19/h4-7,10-11,13H,8-9H2,1-3H3,(H,22,24)/t13-/m1/s1. The summed E-state index contributed by atoms with van der Waals surface area (Å²) in [5.41, 5.74) is 1.20. The third kappa shape index (κ3) is 4.66. The van der Waals surface area contributed by atoms with E-state index < -0.39 is 18.0 Å². The van der Waals surface area contributed by atoms with Gasteiger partial charge in [0.25, 0.3) is 5.91 Å². The number of ketones is 1. The fraction of sp³-hybridized carbons (Fsp3) is 0.286. The van der Waals surface area contributed by atoms with Gasteiger partial charge in [-0.25, -0.2) is 4.79 Å². The maximum atomic E-state index is 12.5. The van der Waals surface area contributed by atoms with Gasteiger partial charge in [-0.05, 0) is 50.2 Å². The van der Waals surface area contributed by atoms with E-state index >= 15 is 0 Å². The van der Waals surface area contributed by atoms with E-state index in [1.807, 2.05) is 0 Å². The summed E-state index contributed by atoms with van der Waals surface area (Å²) in [5.74, 6) is -0.120. The van der Waals surface area contributed by atoms with Gasteiger partial charge in [-0.15, -0.1) is 0 Å². The Labute approximate surface area is 167 Å². The van der Waals surface area contributed by atoms with E-state index in [4.69, 9.17) is 18.9 Å². The lowest BCUT2D eigenvalue weighted by molar-refractivity contribution is -0.123. The van der Waals surface area contributed by atoms with Gasteiger partial charge in [0, 0.05) is 11.3 Å². The summed E-state index contributed by atoms with van der Waals surface area (Å²) in [5, 5.41) is 2.64. The number of hydrogen-bond donors (Lipinski definition) is 1. The van der Waals surface area contributed by atoms with Crippen LogP contribution >= 0.6 is 0 Å². The normalized spacial score (nSPS) is 13.2. The van der Waals surface area contributed by atoms with E-state index in [9.17, 15) is 14.4 Å². The van der Waals surface area contributed by atoms with Crippen LogP contribution < -0.4 is 19.5 Å². The van der Waals surface area contributed by atoms with E-state index in [-0.39, 0.29) is 11.3 Å². The Morgan fingerprint density at radius 3 is 2.38 bits per heavy atom. The first kappa shape index (κ1) is 20.2. The smallest absolute Gasteiger partial charge is 0.339 e. The molecule has 2 aromatic carbocycles. The fourth-order valence-electron chi connectivity index (χ4n) is 2.71. The second-order valence-electron chi connectivity index (χ2n) is 6.37. The number of amides is 1.